The largest absolute Gasteiger partial charge is 0.391 e. The Labute approximate surface area is 122 Å². The molecule has 1 aromatic heterocycles. The van der Waals surface area contributed by atoms with Crippen LogP contribution in [0.25, 0.3) is 0 Å². The molecule has 5 heteroatoms. The van der Waals surface area contributed by atoms with Gasteiger partial charge in [-0.2, -0.15) is 13.2 Å². The highest BCUT2D eigenvalue weighted by molar-refractivity contribution is 7.11. The molecule has 0 radical (unpaired) electrons. The number of rotatable bonds is 4. The van der Waals surface area contributed by atoms with Gasteiger partial charge in [0, 0.05) is 15.8 Å². The minimum Gasteiger partial charge on any atom is -0.327 e. The third-order valence-corrected chi connectivity index (χ3v) is 5.54. The first-order valence-electron chi connectivity index (χ1n) is 7.30. The Morgan fingerprint density at radius 2 is 2.00 bits per heavy atom. The topological polar surface area (TPSA) is 26.0 Å². The van der Waals surface area contributed by atoms with E-state index in [2.05, 4.69) is 19.1 Å². The summed E-state index contributed by atoms with van der Waals surface area (Å²) in [6.07, 6.45) is -0.397. The zero-order valence-electron chi connectivity index (χ0n) is 11.7. The van der Waals surface area contributed by atoms with Gasteiger partial charge in [0.25, 0.3) is 0 Å². The Morgan fingerprint density at radius 1 is 1.30 bits per heavy atom. The third-order valence-electron chi connectivity index (χ3n) is 4.29. The summed E-state index contributed by atoms with van der Waals surface area (Å²) in [5, 5.41) is 0. The second-order valence-electron chi connectivity index (χ2n) is 5.75. The maximum Gasteiger partial charge on any atom is 0.391 e. The molecule has 0 amide bonds. The molecule has 0 spiro atoms. The lowest BCUT2D eigenvalue weighted by Crippen LogP contribution is -2.38. The van der Waals surface area contributed by atoms with Crippen LogP contribution in [0.3, 0.4) is 0 Å². The zero-order valence-corrected chi connectivity index (χ0v) is 12.6. The molecule has 1 fully saturated rings. The molecule has 1 heterocycles. The van der Waals surface area contributed by atoms with E-state index in [1.165, 1.54) is 9.75 Å². The van der Waals surface area contributed by atoms with E-state index in [9.17, 15) is 13.2 Å². The first-order valence-corrected chi connectivity index (χ1v) is 8.11. The van der Waals surface area contributed by atoms with Crippen molar-refractivity contribution in [1.82, 2.24) is 0 Å². The predicted octanol–water partition coefficient (Wildman–Crippen LogP) is 4.55. The zero-order chi connectivity index (χ0) is 14.8. The molecular weight excluding hydrogens is 283 g/mol. The summed E-state index contributed by atoms with van der Waals surface area (Å²) in [4.78, 5) is 2.51. The lowest BCUT2D eigenvalue weighted by molar-refractivity contribution is -0.186. The van der Waals surface area contributed by atoms with Gasteiger partial charge >= 0.3 is 6.18 Å². The van der Waals surface area contributed by atoms with Crippen LogP contribution in [-0.4, -0.2) is 12.2 Å². The number of alkyl halides is 3. The predicted molar refractivity (Wildman–Crippen MR) is 76.9 cm³/mol. The molecule has 1 saturated carbocycles. The van der Waals surface area contributed by atoms with Gasteiger partial charge in [-0.1, -0.05) is 13.3 Å². The number of hydrogen-bond donors (Lipinski definition) is 1. The van der Waals surface area contributed by atoms with E-state index < -0.39 is 12.1 Å². The standard InChI is InChI=1S/C15H22F3NS/c1-2-12-6-7-13(20-12)9-14(19)10-4-3-5-11(8-10)15(16,17)18/h6-7,10-11,14H,2-5,8-9,19H2,1H3. The Bertz CT molecular complexity index is 427. The number of nitrogens with two attached hydrogens (primary N) is 1. The van der Waals surface area contributed by atoms with E-state index in [4.69, 9.17) is 5.73 Å². The molecule has 2 N–H and O–H groups in total. The Kier molecular flexibility index (Phi) is 5.13. The van der Waals surface area contributed by atoms with Crippen LogP contribution in [0.4, 0.5) is 13.2 Å². The summed E-state index contributed by atoms with van der Waals surface area (Å²) in [5.74, 6) is -1.15. The van der Waals surface area contributed by atoms with Crippen LogP contribution in [-0.2, 0) is 12.8 Å². The molecule has 3 atom stereocenters. The van der Waals surface area contributed by atoms with Gasteiger partial charge in [0.2, 0.25) is 0 Å². The summed E-state index contributed by atoms with van der Waals surface area (Å²) < 4.78 is 38.4. The summed E-state index contributed by atoms with van der Waals surface area (Å²) >= 11 is 1.73. The average Bonchev–Trinajstić information content (AvgIpc) is 2.85. The minimum atomic E-state index is -4.06. The van der Waals surface area contributed by atoms with Crippen LogP contribution in [0, 0.1) is 11.8 Å². The van der Waals surface area contributed by atoms with E-state index in [-0.39, 0.29) is 24.8 Å². The SMILES string of the molecule is CCc1ccc(CC(N)C2CCCC(C(F)(F)F)C2)s1. The molecule has 20 heavy (non-hydrogen) atoms. The van der Waals surface area contributed by atoms with Crippen molar-refractivity contribution in [1.29, 1.82) is 0 Å². The normalized spacial score (nSPS) is 25.6. The van der Waals surface area contributed by atoms with Crippen molar-refractivity contribution in [3.8, 4) is 0 Å². The lowest BCUT2D eigenvalue weighted by atomic mass is 9.77. The van der Waals surface area contributed by atoms with Crippen molar-refractivity contribution in [3.05, 3.63) is 21.9 Å². The van der Waals surface area contributed by atoms with Crippen LogP contribution < -0.4 is 5.73 Å². The lowest BCUT2D eigenvalue weighted by Gasteiger charge is -2.33. The molecule has 1 aliphatic carbocycles. The molecule has 3 unspecified atom stereocenters. The van der Waals surface area contributed by atoms with Gasteiger partial charge in [-0.05, 0) is 50.2 Å². The van der Waals surface area contributed by atoms with Crippen molar-refractivity contribution >= 4 is 11.3 Å². The van der Waals surface area contributed by atoms with Crippen molar-refractivity contribution in [2.75, 3.05) is 0 Å². The highest BCUT2D eigenvalue weighted by atomic mass is 32.1. The van der Waals surface area contributed by atoms with Gasteiger partial charge in [-0.15, -0.1) is 11.3 Å². The fourth-order valence-corrected chi connectivity index (χ4v) is 4.06. The molecule has 0 saturated heterocycles. The number of halogens is 3. The molecular formula is C15H22F3NS. The monoisotopic (exact) mass is 305 g/mol. The molecule has 114 valence electrons. The van der Waals surface area contributed by atoms with E-state index >= 15 is 0 Å². The smallest absolute Gasteiger partial charge is 0.327 e. The average molecular weight is 305 g/mol. The van der Waals surface area contributed by atoms with Gasteiger partial charge in [-0.25, -0.2) is 0 Å². The molecule has 2 rings (SSSR count). The van der Waals surface area contributed by atoms with Crippen LogP contribution in [0.5, 0.6) is 0 Å². The van der Waals surface area contributed by atoms with Gasteiger partial charge in [0.1, 0.15) is 0 Å². The van der Waals surface area contributed by atoms with Crippen molar-refractivity contribution in [3.63, 3.8) is 0 Å². The maximum absolute atomic E-state index is 12.8. The fourth-order valence-electron chi connectivity index (χ4n) is 3.03. The second-order valence-corrected chi connectivity index (χ2v) is 7.01. The first-order chi connectivity index (χ1) is 9.40. The Morgan fingerprint density at radius 3 is 2.60 bits per heavy atom. The van der Waals surface area contributed by atoms with Crippen molar-refractivity contribution in [2.45, 2.75) is 57.7 Å². The van der Waals surface area contributed by atoms with Gasteiger partial charge in [-0.3, -0.25) is 0 Å². The highest BCUT2D eigenvalue weighted by Gasteiger charge is 2.43. The summed E-state index contributed by atoms with van der Waals surface area (Å²) in [6, 6.07) is 4.00. The summed E-state index contributed by atoms with van der Waals surface area (Å²) in [6.45, 7) is 2.10. The van der Waals surface area contributed by atoms with Gasteiger partial charge < -0.3 is 5.73 Å². The number of hydrogen-bond acceptors (Lipinski definition) is 2. The van der Waals surface area contributed by atoms with Gasteiger partial charge in [0.05, 0.1) is 5.92 Å². The van der Waals surface area contributed by atoms with E-state index in [0.29, 0.717) is 12.8 Å². The van der Waals surface area contributed by atoms with Crippen LogP contribution >= 0.6 is 11.3 Å². The second kappa shape index (κ2) is 6.48. The van der Waals surface area contributed by atoms with Gasteiger partial charge in [0.15, 0.2) is 0 Å². The van der Waals surface area contributed by atoms with E-state index in [1.807, 2.05) is 0 Å². The van der Waals surface area contributed by atoms with Crippen LogP contribution in [0.1, 0.15) is 42.4 Å². The quantitative estimate of drug-likeness (QED) is 0.867. The molecule has 0 aliphatic heterocycles. The molecule has 1 nitrogen and oxygen atoms in total. The Hall–Kier alpha value is -0.550. The first kappa shape index (κ1) is 15.8. The minimum absolute atomic E-state index is 0.00236. The third kappa shape index (κ3) is 3.98. The molecule has 0 aromatic carbocycles. The van der Waals surface area contributed by atoms with Crippen molar-refractivity contribution < 1.29 is 13.2 Å². The maximum atomic E-state index is 12.8. The van der Waals surface area contributed by atoms with Crippen LogP contribution in [0.2, 0.25) is 0 Å². The molecule has 1 aromatic rings. The summed E-state index contributed by atoms with van der Waals surface area (Å²) in [7, 11) is 0. The number of thiophene rings is 1. The van der Waals surface area contributed by atoms with Crippen molar-refractivity contribution in [2.24, 2.45) is 17.6 Å². The fraction of sp³-hybridized carbons (Fsp3) is 0.733. The van der Waals surface area contributed by atoms with Crippen LogP contribution in [0.15, 0.2) is 12.1 Å². The van der Waals surface area contributed by atoms with E-state index in [1.54, 1.807) is 11.3 Å². The summed E-state index contributed by atoms with van der Waals surface area (Å²) in [5.41, 5.74) is 6.18. The molecule has 1 aliphatic rings. The highest BCUT2D eigenvalue weighted by Crippen LogP contribution is 2.41. The van der Waals surface area contributed by atoms with E-state index in [0.717, 1.165) is 12.8 Å². The number of aryl methyl sites for hydroxylation is 1. The molecule has 0 bridgehead atoms. The Balaban J connectivity index is 1.93.